The lowest BCUT2D eigenvalue weighted by Gasteiger charge is -2.30. The monoisotopic (exact) mass is 419 g/mol. The van der Waals surface area contributed by atoms with E-state index < -0.39 is 11.8 Å². The molecular weight excluding hydrogens is 394 g/mol. The quantitative estimate of drug-likeness (QED) is 0.462. The van der Waals surface area contributed by atoms with Crippen molar-refractivity contribution in [3.8, 4) is 0 Å². The number of aryl methyl sites for hydroxylation is 2. The molecule has 2 aromatic rings. The number of hydrogen-bond donors (Lipinski definition) is 1. The minimum atomic E-state index is -0.467. The average Bonchev–Trinajstić information content (AvgIpc) is 2.73. The molecule has 6 heteroatoms. The van der Waals surface area contributed by atoms with Crippen molar-refractivity contribution in [1.82, 2.24) is 5.32 Å². The van der Waals surface area contributed by atoms with Crippen LogP contribution in [0.5, 0.6) is 0 Å². The summed E-state index contributed by atoms with van der Waals surface area (Å²) in [5.74, 6) is -0.873. The fourth-order valence-electron chi connectivity index (χ4n) is 4.03. The molecule has 2 heterocycles. The normalized spacial score (nSPS) is 18.7. The minimum absolute atomic E-state index is 0.0781. The molecule has 0 spiro atoms. The van der Waals surface area contributed by atoms with Crippen molar-refractivity contribution in [2.45, 2.75) is 33.1 Å². The lowest BCUT2D eigenvalue weighted by molar-refractivity contribution is -0.122. The van der Waals surface area contributed by atoms with Crippen molar-refractivity contribution in [2.24, 2.45) is 0 Å². The summed E-state index contributed by atoms with van der Waals surface area (Å²) < 4.78 is 0. The third-order valence-electron chi connectivity index (χ3n) is 5.62. The van der Waals surface area contributed by atoms with Gasteiger partial charge in [0.15, 0.2) is 5.11 Å². The lowest BCUT2D eigenvalue weighted by Crippen LogP contribution is -2.54. The molecule has 0 aromatic heterocycles. The van der Waals surface area contributed by atoms with Crippen LogP contribution in [0.4, 0.5) is 11.4 Å². The van der Waals surface area contributed by atoms with Crippen LogP contribution in [-0.2, 0) is 9.59 Å². The number of benzene rings is 2. The SMILES string of the molecule is Cc1ccc(N2C(=O)/C(=C/c3ccc(N4CCCCC4)cc3)C(=O)NC2=S)c(C)c1. The number of hydrogen-bond acceptors (Lipinski definition) is 4. The van der Waals surface area contributed by atoms with Crippen LogP contribution in [-0.4, -0.2) is 30.0 Å². The van der Waals surface area contributed by atoms with E-state index in [1.807, 2.05) is 44.2 Å². The summed E-state index contributed by atoms with van der Waals surface area (Å²) in [5.41, 5.74) is 4.76. The number of carbonyl (C=O) groups excluding carboxylic acids is 2. The second kappa shape index (κ2) is 8.40. The summed E-state index contributed by atoms with van der Waals surface area (Å²) in [5, 5.41) is 2.76. The number of anilines is 2. The number of rotatable bonds is 3. The van der Waals surface area contributed by atoms with Crippen LogP contribution in [0.25, 0.3) is 6.08 Å². The zero-order valence-electron chi connectivity index (χ0n) is 17.3. The van der Waals surface area contributed by atoms with E-state index in [0.29, 0.717) is 5.69 Å². The second-order valence-electron chi connectivity index (χ2n) is 7.89. The molecule has 4 rings (SSSR count). The molecule has 2 aliphatic heterocycles. The van der Waals surface area contributed by atoms with Crippen LogP contribution in [0.1, 0.15) is 36.0 Å². The Hall–Kier alpha value is -2.99. The molecule has 2 fully saturated rings. The molecule has 2 aromatic carbocycles. The third kappa shape index (κ3) is 4.00. The molecule has 5 nitrogen and oxygen atoms in total. The molecule has 154 valence electrons. The van der Waals surface area contributed by atoms with Gasteiger partial charge in [-0.05, 0) is 80.7 Å². The number of nitrogens with one attached hydrogen (secondary N) is 1. The van der Waals surface area contributed by atoms with Crippen LogP contribution in [0.3, 0.4) is 0 Å². The van der Waals surface area contributed by atoms with Crippen molar-refractivity contribution in [1.29, 1.82) is 0 Å². The van der Waals surface area contributed by atoms with Crippen LogP contribution in [0, 0.1) is 13.8 Å². The fraction of sp³-hybridized carbons (Fsp3) is 0.292. The molecular formula is C24H25N3O2S. The van der Waals surface area contributed by atoms with Gasteiger partial charge in [-0.15, -0.1) is 0 Å². The van der Waals surface area contributed by atoms with Gasteiger partial charge in [0.1, 0.15) is 5.57 Å². The first-order valence-corrected chi connectivity index (χ1v) is 10.7. The Morgan fingerprint density at radius 3 is 2.33 bits per heavy atom. The van der Waals surface area contributed by atoms with Gasteiger partial charge in [-0.1, -0.05) is 29.8 Å². The molecule has 2 saturated heterocycles. The molecule has 0 bridgehead atoms. The van der Waals surface area contributed by atoms with E-state index in [4.69, 9.17) is 12.2 Å². The number of piperidine rings is 1. The Morgan fingerprint density at radius 1 is 0.967 bits per heavy atom. The Labute approximate surface area is 182 Å². The van der Waals surface area contributed by atoms with Gasteiger partial charge < -0.3 is 4.90 Å². The van der Waals surface area contributed by atoms with Crippen molar-refractivity contribution >= 4 is 46.6 Å². The highest BCUT2D eigenvalue weighted by molar-refractivity contribution is 7.80. The van der Waals surface area contributed by atoms with Gasteiger partial charge in [-0.2, -0.15) is 0 Å². The van der Waals surface area contributed by atoms with Gasteiger partial charge in [-0.3, -0.25) is 19.8 Å². The first-order chi connectivity index (χ1) is 14.4. The van der Waals surface area contributed by atoms with Crippen LogP contribution in [0.2, 0.25) is 0 Å². The van der Waals surface area contributed by atoms with E-state index in [9.17, 15) is 9.59 Å². The summed E-state index contributed by atoms with van der Waals surface area (Å²) in [6.07, 6.45) is 5.36. The molecule has 0 radical (unpaired) electrons. The van der Waals surface area contributed by atoms with Gasteiger partial charge in [-0.25, -0.2) is 0 Å². The van der Waals surface area contributed by atoms with Crippen molar-refractivity contribution < 1.29 is 9.59 Å². The minimum Gasteiger partial charge on any atom is -0.372 e. The fourth-order valence-corrected chi connectivity index (χ4v) is 4.31. The highest BCUT2D eigenvalue weighted by atomic mass is 32.1. The highest BCUT2D eigenvalue weighted by Crippen LogP contribution is 2.27. The zero-order chi connectivity index (χ0) is 21.3. The van der Waals surface area contributed by atoms with E-state index in [1.54, 1.807) is 6.08 Å². The highest BCUT2D eigenvalue weighted by Gasteiger charge is 2.35. The van der Waals surface area contributed by atoms with Crippen molar-refractivity contribution in [2.75, 3.05) is 22.9 Å². The maximum absolute atomic E-state index is 13.2. The first-order valence-electron chi connectivity index (χ1n) is 10.3. The Kier molecular flexibility index (Phi) is 5.68. The summed E-state index contributed by atoms with van der Waals surface area (Å²) in [7, 11) is 0. The van der Waals surface area contributed by atoms with E-state index in [0.717, 1.165) is 29.8 Å². The summed E-state index contributed by atoms with van der Waals surface area (Å²) >= 11 is 5.30. The number of nitrogens with zero attached hydrogens (tertiary/aromatic N) is 2. The molecule has 2 amide bonds. The topological polar surface area (TPSA) is 52.7 Å². The maximum Gasteiger partial charge on any atom is 0.270 e. The molecule has 0 atom stereocenters. The second-order valence-corrected chi connectivity index (χ2v) is 8.27. The van der Waals surface area contributed by atoms with Gasteiger partial charge >= 0.3 is 0 Å². The van der Waals surface area contributed by atoms with Crippen molar-refractivity contribution in [3.63, 3.8) is 0 Å². The van der Waals surface area contributed by atoms with Crippen molar-refractivity contribution in [3.05, 3.63) is 64.7 Å². The number of carbonyl (C=O) groups is 2. The standard InChI is InChI=1S/C24H25N3O2S/c1-16-6-11-21(17(2)14-16)27-23(29)20(22(28)25-24(27)30)15-18-7-9-19(10-8-18)26-12-4-3-5-13-26/h6-11,14-15H,3-5,12-13H2,1-2H3,(H,25,28,30)/b20-15+. The predicted molar refractivity (Wildman–Crippen MR) is 125 cm³/mol. The Morgan fingerprint density at radius 2 is 1.67 bits per heavy atom. The summed E-state index contributed by atoms with van der Waals surface area (Å²) in [6, 6.07) is 13.8. The summed E-state index contributed by atoms with van der Waals surface area (Å²) in [4.78, 5) is 29.5. The number of amides is 2. The molecule has 0 aliphatic carbocycles. The van der Waals surface area contributed by atoms with E-state index in [1.165, 1.54) is 29.8 Å². The van der Waals surface area contributed by atoms with E-state index >= 15 is 0 Å². The van der Waals surface area contributed by atoms with Crippen LogP contribution < -0.4 is 15.1 Å². The number of thiocarbonyl (C=S) groups is 1. The Bertz CT molecular complexity index is 1040. The van der Waals surface area contributed by atoms with E-state index in [-0.39, 0.29) is 10.7 Å². The maximum atomic E-state index is 13.2. The van der Waals surface area contributed by atoms with E-state index in [2.05, 4.69) is 22.3 Å². The van der Waals surface area contributed by atoms with Gasteiger partial charge in [0.2, 0.25) is 0 Å². The van der Waals surface area contributed by atoms with Gasteiger partial charge in [0, 0.05) is 18.8 Å². The molecule has 0 unspecified atom stereocenters. The van der Waals surface area contributed by atoms with Crippen LogP contribution >= 0.6 is 12.2 Å². The Balaban J connectivity index is 1.62. The van der Waals surface area contributed by atoms with Crippen LogP contribution in [0.15, 0.2) is 48.0 Å². The first kappa shape index (κ1) is 20.3. The predicted octanol–water partition coefficient (Wildman–Crippen LogP) is 4.13. The average molecular weight is 420 g/mol. The smallest absolute Gasteiger partial charge is 0.270 e. The summed E-state index contributed by atoms with van der Waals surface area (Å²) in [6.45, 7) is 6.07. The van der Waals surface area contributed by atoms with Gasteiger partial charge in [0.25, 0.3) is 11.8 Å². The molecule has 0 saturated carbocycles. The largest absolute Gasteiger partial charge is 0.372 e. The third-order valence-corrected chi connectivity index (χ3v) is 5.90. The molecule has 30 heavy (non-hydrogen) atoms. The lowest BCUT2D eigenvalue weighted by atomic mass is 10.0. The van der Waals surface area contributed by atoms with Gasteiger partial charge in [0.05, 0.1) is 5.69 Å². The molecule has 2 aliphatic rings. The zero-order valence-corrected chi connectivity index (χ0v) is 18.1. The molecule has 1 N–H and O–H groups in total.